The number of halogens is 3. The number of aromatic nitrogens is 1. The molecule has 0 fully saturated rings. The summed E-state index contributed by atoms with van der Waals surface area (Å²) in [5, 5.41) is 7.65. The van der Waals surface area contributed by atoms with Crippen molar-refractivity contribution in [2.75, 3.05) is 13.6 Å². The Labute approximate surface area is 148 Å². The van der Waals surface area contributed by atoms with Crippen LogP contribution in [0.2, 0.25) is 10.2 Å². The van der Waals surface area contributed by atoms with E-state index in [-0.39, 0.29) is 24.0 Å². The van der Waals surface area contributed by atoms with Gasteiger partial charge >= 0.3 is 0 Å². The van der Waals surface area contributed by atoms with Crippen molar-refractivity contribution >= 4 is 53.1 Å². The van der Waals surface area contributed by atoms with Crippen LogP contribution in [-0.4, -0.2) is 24.1 Å². The average Bonchev–Trinajstić information content (AvgIpc) is 2.60. The van der Waals surface area contributed by atoms with Crippen molar-refractivity contribution in [3.63, 3.8) is 0 Å². The summed E-state index contributed by atoms with van der Waals surface area (Å²) in [6.07, 6.45) is 1.11. The fourth-order valence-electron chi connectivity index (χ4n) is 1.63. The second kappa shape index (κ2) is 9.73. The van der Waals surface area contributed by atoms with Gasteiger partial charge in [-0.2, -0.15) is 0 Å². The summed E-state index contributed by atoms with van der Waals surface area (Å²) in [5.74, 6) is 1.46. The third-order valence-electron chi connectivity index (χ3n) is 2.89. The molecule has 1 aromatic heterocycles. The summed E-state index contributed by atoms with van der Waals surface area (Å²) in [7, 11) is 3.65. The van der Waals surface area contributed by atoms with Crippen LogP contribution >= 0.6 is 47.2 Å². The standard InChI is InChI=1S/C13H22Cl2N4.HI/c1-9(2)5-6-17-13(16-3)18-8-10-7-11(14)12(15)19(10)4;/h7,9H,5-6,8H2,1-4H3,(H2,16,17,18);1H. The van der Waals surface area contributed by atoms with Crippen molar-refractivity contribution in [2.24, 2.45) is 18.0 Å². The van der Waals surface area contributed by atoms with E-state index in [1.54, 1.807) is 7.05 Å². The predicted molar refractivity (Wildman–Crippen MR) is 98.5 cm³/mol. The number of guanidine groups is 1. The largest absolute Gasteiger partial charge is 0.356 e. The molecule has 0 aliphatic heterocycles. The number of hydrogen-bond acceptors (Lipinski definition) is 1. The molecule has 1 rings (SSSR count). The Morgan fingerprint density at radius 2 is 2.00 bits per heavy atom. The Morgan fingerprint density at radius 3 is 2.45 bits per heavy atom. The number of nitrogens with zero attached hydrogens (tertiary/aromatic N) is 2. The minimum absolute atomic E-state index is 0. The van der Waals surface area contributed by atoms with Crippen LogP contribution in [0.25, 0.3) is 0 Å². The van der Waals surface area contributed by atoms with Crippen LogP contribution in [0.5, 0.6) is 0 Å². The van der Waals surface area contributed by atoms with E-state index in [2.05, 4.69) is 29.5 Å². The number of nitrogens with one attached hydrogen (secondary N) is 2. The number of hydrogen-bond donors (Lipinski definition) is 2. The second-order valence-corrected chi connectivity index (χ2v) is 5.63. The zero-order valence-electron chi connectivity index (χ0n) is 12.3. The van der Waals surface area contributed by atoms with Crippen LogP contribution in [0, 0.1) is 5.92 Å². The average molecular weight is 433 g/mol. The maximum Gasteiger partial charge on any atom is 0.191 e. The summed E-state index contributed by atoms with van der Waals surface area (Å²) >= 11 is 12.0. The van der Waals surface area contributed by atoms with E-state index in [9.17, 15) is 0 Å². The third-order valence-corrected chi connectivity index (χ3v) is 3.73. The Morgan fingerprint density at radius 1 is 1.35 bits per heavy atom. The molecule has 116 valence electrons. The number of aliphatic imine (C=N–C) groups is 1. The molecule has 0 aromatic carbocycles. The Hall–Kier alpha value is -0.140. The molecule has 0 radical (unpaired) electrons. The van der Waals surface area contributed by atoms with Crippen molar-refractivity contribution < 1.29 is 0 Å². The van der Waals surface area contributed by atoms with Crippen molar-refractivity contribution in [3.8, 4) is 0 Å². The predicted octanol–water partition coefficient (Wildman–Crippen LogP) is 3.66. The fourth-order valence-corrected chi connectivity index (χ4v) is 2.05. The molecule has 0 saturated carbocycles. The van der Waals surface area contributed by atoms with Gasteiger partial charge in [-0.3, -0.25) is 4.99 Å². The normalized spacial score (nSPS) is 11.4. The van der Waals surface area contributed by atoms with Crippen LogP contribution < -0.4 is 10.6 Å². The van der Waals surface area contributed by atoms with Crippen LogP contribution in [-0.2, 0) is 13.6 Å². The Balaban J connectivity index is 0.00000361. The quantitative estimate of drug-likeness (QED) is 0.423. The van der Waals surface area contributed by atoms with Crippen molar-refractivity contribution in [2.45, 2.75) is 26.8 Å². The molecule has 0 amide bonds. The molecule has 1 heterocycles. The van der Waals surface area contributed by atoms with Gasteiger partial charge in [0.1, 0.15) is 5.15 Å². The number of rotatable bonds is 5. The first-order chi connectivity index (χ1) is 8.95. The van der Waals surface area contributed by atoms with E-state index in [4.69, 9.17) is 23.2 Å². The Bertz CT molecular complexity index is 444. The van der Waals surface area contributed by atoms with Gasteiger partial charge in [-0.05, 0) is 18.4 Å². The minimum atomic E-state index is 0. The molecule has 0 saturated heterocycles. The molecule has 0 unspecified atom stereocenters. The second-order valence-electron chi connectivity index (χ2n) is 4.87. The van der Waals surface area contributed by atoms with Gasteiger partial charge in [0.05, 0.1) is 11.6 Å². The minimum Gasteiger partial charge on any atom is -0.356 e. The first kappa shape index (κ1) is 19.9. The van der Waals surface area contributed by atoms with Gasteiger partial charge in [0.2, 0.25) is 0 Å². The monoisotopic (exact) mass is 432 g/mol. The van der Waals surface area contributed by atoms with E-state index in [0.29, 0.717) is 22.6 Å². The molecular formula is C13H23Cl2IN4. The van der Waals surface area contributed by atoms with Gasteiger partial charge in [0.15, 0.2) is 5.96 Å². The van der Waals surface area contributed by atoms with Crippen molar-refractivity contribution in [1.29, 1.82) is 0 Å². The zero-order chi connectivity index (χ0) is 14.4. The maximum absolute atomic E-state index is 6.02. The van der Waals surface area contributed by atoms with E-state index < -0.39 is 0 Å². The molecule has 0 aliphatic rings. The van der Waals surface area contributed by atoms with Gasteiger partial charge < -0.3 is 15.2 Å². The molecule has 4 nitrogen and oxygen atoms in total. The van der Waals surface area contributed by atoms with Crippen molar-refractivity contribution in [3.05, 3.63) is 21.9 Å². The topological polar surface area (TPSA) is 41.4 Å². The van der Waals surface area contributed by atoms with E-state index >= 15 is 0 Å². The lowest BCUT2D eigenvalue weighted by Gasteiger charge is -2.13. The summed E-state index contributed by atoms with van der Waals surface area (Å²) in [6, 6.07) is 1.86. The highest BCUT2D eigenvalue weighted by Gasteiger charge is 2.09. The first-order valence-electron chi connectivity index (χ1n) is 6.39. The zero-order valence-corrected chi connectivity index (χ0v) is 16.2. The lowest BCUT2D eigenvalue weighted by atomic mass is 10.1. The SMILES string of the molecule is CN=C(NCCC(C)C)NCc1cc(Cl)c(Cl)n1C.I. The van der Waals surface area contributed by atoms with Gasteiger partial charge in [0.25, 0.3) is 0 Å². The summed E-state index contributed by atoms with van der Waals surface area (Å²) in [6.45, 7) is 5.94. The molecule has 0 bridgehead atoms. The van der Waals surface area contributed by atoms with E-state index in [0.717, 1.165) is 24.6 Å². The van der Waals surface area contributed by atoms with Crippen LogP contribution in [0.1, 0.15) is 26.0 Å². The highest BCUT2D eigenvalue weighted by molar-refractivity contribution is 14.0. The fraction of sp³-hybridized carbons (Fsp3) is 0.615. The molecule has 0 atom stereocenters. The molecule has 2 N–H and O–H groups in total. The van der Waals surface area contributed by atoms with Crippen molar-refractivity contribution in [1.82, 2.24) is 15.2 Å². The molecule has 0 aliphatic carbocycles. The van der Waals surface area contributed by atoms with Crippen LogP contribution in [0.3, 0.4) is 0 Å². The first-order valence-corrected chi connectivity index (χ1v) is 7.15. The lowest BCUT2D eigenvalue weighted by Crippen LogP contribution is -2.37. The lowest BCUT2D eigenvalue weighted by molar-refractivity contribution is 0.573. The molecule has 1 aromatic rings. The third kappa shape index (κ3) is 6.10. The molecule has 0 spiro atoms. The van der Waals surface area contributed by atoms with E-state index in [1.165, 1.54) is 0 Å². The van der Waals surface area contributed by atoms with E-state index in [1.807, 2.05) is 17.7 Å². The smallest absolute Gasteiger partial charge is 0.191 e. The van der Waals surface area contributed by atoms with Crippen LogP contribution in [0.15, 0.2) is 11.1 Å². The maximum atomic E-state index is 6.02. The van der Waals surface area contributed by atoms with Gasteiger partial charge in [-0.25, -0.2) is 0 Å². The Kier molecular flexibility index (Phi) is 9.67. The highest BCUT2D eigenvalue weighted by Crippen LogP contribution is 2.24. The summed E-state index contributed by atoms with van der Waals surface area (Å²) in [5.41, 5.74) is 1.02. The molecular weight excluding hydrogens is 410 g/mol. The molecule has 20 heavy (non-hydrogen) atoms. The molecule has 7 heteroatoms. The van der Waals surface area contributed by atoms with Gasteiger partial charge in [-0.15, -0.1) is 24.0 Å². The van der Waals surface area contributed by atoms with Gasteiger partial charge in [-0.1, -0.05) is 37.0 Å². The summed E-state index contributed by atoms with van der Waals surface area (Å²) in [4.78, 5) is 4.18. The van der Waals surface area contributed by atoms with Crippen LogP contribution in [0.4, 0.5) is 0 Å². The van der Waals surface area contributed by atoms with Gasteiger partial charge in [0, 0.05) is 26.3 Å². The highest BCUT2D eigenvalue weighted by atomic mass is 127. The summed E-state index contributed by atoms with van der Waals surface area (Å²) < 4.78 is 1.86.